The molecule has 0 atom stereocenters. The fourth-order valence-electron chi connectivity index (χ4n) is 2.11. The van der Waals surface area contributed by atoms with Crippen LogP contribution < -0.4 is 5.73 Å². The minimum atomic E-state index is -0.653. The largest absolute Gasteiger partial charge is 0.492 e. The Bertz CT molecular complexity index is 578. The quantitative estimate of drug-likeness (QED) is 0.650. The molecule has 7 heteroatoms. The fourth-order valence-corrected chi connectivity index (χ4v) is 2.72. The number of halogens is 2. The van der Waals surface area contributed by atoms with Crippen LogP contribution in [0.5, 0.6) is 0 Å². The average molecular weight is 344 g/mol. The molecule has 0 radical (unpaired) electrons. The van der Waals surface area contributed by atoms with Crippen LogP contribution in [0.3, 0.4) is 0 Å². The Morgan fingerprint density at radius 2 is 1.64 bits per heavy atom. The summed E-state index contributed by atoms with van der Waals surface area (Å²) in [5.74, 6) is 0. The van der Waals surface area contributed by atoms with Gasteiger partial charge < -0.3 is 20.1 Å². The van der Waals surface area contributed by atoms with Gasteiger partial charge in [0.25, 0.3) is 0 Å². The zero-order valence-electron chi connectivity index (χ0n) is 13.1. The molecule has 0 aliphatic carbocycles. The van der Waals surface area contributed by atoms with Crippen LogP contribution in [0.2, 0.25) is 10.0 Å². The van der Waals surface area contributed by atoms with Gasteiger partial charge in [-0.25, -0.2) is 0 Å². The number of nitrogen functional groups attached to an aromatic ring is 1. The van der Waals surface area contributed by atoms with E-state index >= 15 is 0 Å². The smallest absolute Gasteiger partial charge is 0.400 e. The number of benzene rings is 1. The lowest BCUT2D eigenvalue weighted by atomic mass is 9.77. The molecule has 3 N–H and O–H groups in total. The molecule has 1 aliphatic heterocycles. The Morgan fingerprint density at radius 1 is 1.18 bits per heavy atom. The van der Waals surface area contributed by atoms with Gasteiger partial charge >= 0.3 is 7.12 Å². The highest BCUT2D eigenvalue weighted by atomic mass is 35.5. The summed E-state index contributed by atoms with van der Waals surface area (Å²) in [6, 6.07) is 3.22. The molecule has 0 amide bonds. The molecule has 1 aromatic carbocycles. The third-order valence-electron chi connectivity index (χ3n) is 4.17. The second kappa shape index (κ2) is 6.06. The van der Waals surface area contributed by atoms with Gasteiger partial charge in [-0.15, -0.1) is 0 Å². The predicted octanol–water partition coefficient (Wildman–Crippen LogP) is 3.58. The first-order valence-corrected chi connectivity index (χ1v) is 7.74. The van der Waals surface area contributed by atoms with Gasteiger partial charge in [0, 0.05) is 11.3 Å². The highest BCUT2D eigenvalue weighted by Gasteiger charge is 2.52. The maximum atomic E-state index is 9.69. The van der Waals surface area contributed by atoms with E-state index in [0.717, 1.165) is 0 Å². The Labute approximate surface area is 141 Å². The van der Waals surface area contributed by atoms with Crippen molar-refractivity contribution in [3.05, 3.63) is 33.2 Å². The van der Waals surface area contributed by atoms with E-state index in [9.17, 15) is 5.11 Å². The zero-order chi connectivity index (χ0) is 16.7. The average Bonchev–Trinajstić information content (AvgIpc) is 2.57. The second-order valence-corrected chi connectivity index (χ2v) is 7.18. The number of hydrogen-bond acceptors (Lipinski definition) is 4. The molecule has 0 saturated carbocycles. The number of aliphatic hydroxyl groups excluding tert-OH is 1. The van der Waals surface area contributed by atoms with Crippen molar-refractivity contribution >= 4 is 42.1 Å². The van der Waals surface area contributed by atoms with Crippen LogP contribution in [0, 0.1) is 0 Å². The van der Waals surface area contributed by atoms with Crippen LogP contribution in [0.25, 0.3) is 6.08 Å². The van der Waals surface area contributed by atoms with Crippen molar-refractivity contribution in [2.24, 2.45) is 0 Å². The van der Waals surface area contributed by atoms with Gasteiger partial charge in [-0.05, 0) is 45.3 Å². The number of hydrogen-bond donors (Lipinski definition) is 2. The lowest BCUT2D eigenvalue weighted by molar-refractivity contribution is 0.00578. The number of rotatable bonds is 3. The molecule has 1 fully saturated rings. The van der Waals surface area contributed by atoms with Crippen molar-refractivity contribution in [2.45, 2.75) is 38.9 Å². The number of nitrogens with two attached hydrogens (primary N) is 1. The predicted molar refractivity (Wildman–Crippen MR) is 92.0 cm³/mol. The molecule has 22 heavy (non-hydrogen) atoms. The molecule has 120 valence electrons. The van der Waals surface area contributed by atoms with E-state index in [2.05, 4.69) is 0 Å². The van der Waals surface area contributed by atoms with Crippen molar-refractivity contribution in [3.63, 3.8) is 0 Å². The summed E-state index contributed by atoms with van der Waals surface area (Å²) in [6.07, 6.45) is 1.69. The van der Waals surface area contributed by atoms with E-state index in [1.54, 1.807) is 18.2 Å². The zero-order valence-corrected chi connectivity index (χ0v) is 14.6. The first kappa shape index (κ1) is 17.6. The molecule has 1 aromatic rings. The Kier molecular flexibility index (Phi) is 4.86. The van der Waals surface area contributed by atoms with Gasteiger partial charge in [-0.3, -0.25) is 0 Å². The molecule has 1 aliphatic rings. The van der Waals surface area contributed by atoms with Crippen LogP contribution in [-0.2, 0) is 9.31 Å². The topological polar surface area (TPSA) is 64.7 Å². The van der Waals surface area contributed by atoms with E-state index in [-0.39, 0.29) is 6.61 Å². The van der Waals surface area contributed by atoms with Crippen LogP contribution in [0.1, 0.15) is 33.3 Å². The number of anilines is 1. The van der Waals surface area contributed by atoms with E-state index in [1.807, 2.05) is 27.7 Å². The molecule has 0 spiro atoms. The van der Waals surface area contributed by atoms with Gasteiger partial charge in [0.05, 0.1) is 27.9 Å². The summed E-state index contributed by atoms with van der Waals surface area (Å²) in [5.41, 5.74) is 6.33. The highest BCUT2D eigenvalue weighted by Crippen LogP contribution is 2.39. The summed E-state index contributed by atoms with van der Waals surface area (Å²) in [7, 11) is -0.653. The second-order valence-electron chi connectivity index (χ2n) is 6.36. The van der Waals surface area contributed by atoms with Crippen molar-refractivity contribution in [2.75, 3.05) is 12.3 Å². The summed E-state index contributed by atoms with van der Waals surface area (Å²) in [4.78, 5) is 0. The molecular formula is C15H20BCl2NO3. The maximum Gasteiger partial charge on any atom is 0.492 e. The van der Waals surface area contributed by atoms with Gasteiger partial charge in [0.1, 0.15) is 0 Å². The normalized spacial score (nSPS) is 20.5. The Balaban J connectivity index is 2.38. The Hall–Kier alpha value is -0.715. The molecule has 2 rings (SSSR count). The Morgan fingerprint density at radius 3 is 2.05 bits per heavy atom. The minimum absolute atomic E-state index is 0.228. The third-order valence-corrected chi connectivity index (χ3v) is 4.80. The third kappa shape index (κ3) is 3.29. The van der Waals surface area contributed by atoms with Crippen LogP contribution in [-0.4, -0.2) is 30.0 Å². The lowest BCUT2D eigenvalue weighted by Crippen LogP contribution is -2.41. The van der Waals surface area contributed by atoms with Gasteiger partial charge in [0.2, 0.25) is 0 Å². The van der Waals surface area contributed by atoms with E-state index in [1.165, 1.54) is 0 Å². The van der Waals surface area contributed by atoms with Crippen molar-refractivity contribution in [1.82, 2.24) is 0 Å². The minimum Gasteiger partial charge on any atom is -0.400 e. The molecule has 1 heterocycles. The van der Waals surface area contributed by atoms with Crippen molar-refractivity contribution in [1.29, 1.82) is 0 Å². The van der Waals surface area contributed by atoms with E-state index in [4.69, 9.17) is 38.2 Å². The van der Waals surface area contributed by atoms with Gasteiger partial charge in [-0.1, -0.05) is 29.3 Å². The highest BCUT2D eigenvalue weighted by molar-refractivity contribution is 6.56. The van der Waals surface area contributed by atoms with Crippen LogP contribution in [0.15, 0.2) is 17.6 Å². The van der Waals surface area contributed by atoms with Crippen molar-refractivity contribution < 1.29 is 14.4 Å². The van der Waals surface area contributed by atoms with Gasteiger partial charge in [-0.2, -0.15) is 0 Å². The number of aliphatic hydroxyl groups is 1. The van der Waals surface area contributed by atoms with Crippen LogP contribution >= 0.6 is 23.2 Å². The molecule has 1 saturated heterocycles. The first-order valence-electron chi connectivity index (χ1n) is 6.99. The van der Waals surface area contributed by atoms with Crippen molar-refractivity contribution in [3.8, 4) is 0 Å². The van der Waals surface area contributed by atoms with Gasteiger partial charge in [0.15, 0.2) is 0 Å². The molecular weight excluding hydrogens is 324 g/mol. The molecule has 0 unspecified atom stereocenters. The summed E-state index contributed by atoms with van der Waals surface area (Å²) in [5, 5.41) is 10.5. The lowest BCUT2D eigenvalue weighted by Gasteiger charge is -2.32. The standard InChI is InChI=1S/C15H20BCl2NO3/c1-14(2)15(3,4)22-16(21-14)9(8-20)5-11-12(17)6-10(19)7-13(11)18/h5-7,20H,8,19H2,1-4H3. The summed E-state index contributed by atoms with van der Waals surface area (Å²) in [6.45, 7) is 7.57. The van der Waals surface area contributed by atoms with Crippen LogP contribution in [0.4, 0.5) is 5.69 Å². The first-order chi connectivity index (χ1) is 10.1. The molecule has 4 nitrogen and oxygen atoms in total. The summed E-state index contributed by atoms with van der Waals surface area (Å²) < 4.78 is 11.9. The van der Waals surface area contributed by atoms with E-state index in [0.29, 0.717) is 26.8 Å². The maximum absolute atomic E-state index is 9.69. The molecule has 0 bridgehead atoms. The monoisotopic (exact) mass is 343 g/mol. The fraction of sp³-hybridized carbons (Fsp3) is 0.467. The van der Waals surface area contributed by atoms with E-state index < -0.39 is 18.3 Å². The summed E-state index contributed by atoms with van der Waals surface area (Å²) >= 11 is 12.4. The SMILES string of the molecule is CC1(C)OB(C(=Cc2c(Cl)cc(N)cc2Cl)CO)OC1(C)C. The molecule has 0 aromatic heterocycles.